The Bertz CT molecular complexity index is 3600. The molecule has 0 bridgehead atoms. The van der Waals surface area contributed by atoms with Crippen molar-refractivity contribution in [1.29, 1.82) is 0 Å². The highest BCUT2D eigenvalue weighted by Crippen LogP contribution is 2.50. The molecular formula is C51H47F9N2O8S4. The number of allylic oxidation sites excluding steroid dienone is 7. The Balaban J connectivity index is 0.000000309. The Kier molecular flexibility index (Phi) is 14.7. The number of nitrogens with one attached hydrogen (secondary N) is 1. The first-order valence-corrected chi connectivity index (χ1v) is 28.5. The summed E-state index contributed by atoms with van der Waals surface area (Å²) in [4.78, 5) is 0.761. The van der Waals surface area contributed by atoms with Crippen molar-refractivity contribution in [2.75, 3.05) is 11.9 Å². The molecule has 1 N–H and O–H groups in total. The van der Waals surface area contributed by atoms with Crippen LogP contribution in [0.5, 0.6) is 0 Å². The summed E-state index contributed by atoms with van der Waals surface area (Å²) in [5, 5.41) is 8.66. The van der Waals surface area contributed by atoms with Gasteiger partial charge in [-0.2, -0.15) is 44.1 Å². The van der Waals surface area contributed by atoms with Gasteiger partial charge in [0, 0.05) is 40.9 Å². The number of hydrogen-bond donors (Lipinski definition) is 1. The lowest BCUT2D eigenvalue weighted by Gasteiger charge is -2.31. The lowest BCUT2D eigenvalue weighted by molar-refractivity contribution is -0.438. The molecular weight excluding hydrogens is 1070 g/mol. The van der Waals surface area contributed by atoms with Crippen molar-refractivity contribution in [3.05, 3.63) is 164 Å². The van der Waals surface area contributed by atoms with Gasteiger partial charge in [0.2, 0.25) is 15.5 Å². The number of sulfone groups is 4. The summed E-state index contributed by atoms with van der Waals surface area (Å²) < 4.78 is 199. The van der Waals surface area contributed by atoms with Gasteiger partial charge in [-0.15, -0.1) is 0 Å². The fourth-order valence-corrected chi connectivity index (χ4v) is 17.0. The first-order chi connectivity index (χ1) is 34.1. The maximum Gasteiger partial charge on any atom is 0.470 e. The Hall–Kier alpha value is -5.78. The van der Waals surface area contributed by atoms with E-state index in [4.69, 9.17) is 0 Å². The molecule has 5 aromatic rings. The highest BCUT2D eigenvalue weighted by molar-refractivity contribution is 8.29. The minimum atomic E-state index is -8.02. The van der Waals surface area contributed by atoms with E-state index in [1.807, 2.05) is 6.07 Å². The van der Waals surface area contributed by atoms with Crippen LogP contribution in [0.3, 0.4) is 0 Å². The Morgan fingerprint density at radius 2 is 1.09 bits per heavy atom. The summed E-state index contributed by atoms with van der Waals surface area (Å²) in [6.07, 6.45) is 12.0. The molecule has 3 aliphatic rings. The molecule has 0 atom stereocenters. The molecule has 74 heavy (non-hydrogen) atoms. The number of rotatable bonds is 11. The van der Waals surface area contributed by atoms with Crippen LogP contribution < -0.4 is 5.32 Å². The van der Waals surface area contributed by atoms with Gasteiger partial charge in [0.05, 0.1) is 19.1 Å². The van der Waals surface area contributed by atoms with Crippen LogP contribution in [0.4, 0.5) is 50.9 Å². The van der Waals surface area contributed by atoms with Crippen LogP contribution >= 0.6 is 0 Å². The number of alkyl halides is 9. The highest BCUT2D eigenvalue weighted by Gasteiger charge is 2.63. The van der Waals surface area contributed by atoms with E-state index in [-0.39, 0.29) is 10.8 Å². The van der Waals surface area contributed by atoms with Gasteiger partial charge in [-0.25, -0.2) is 8.42 Å². The SMILES string of the molecule is CCCC[N+]1=C(C=CC2=C(S(=O)(=O)c3ccccc3)C(=CC=C3Nc4ccc5ccccc5c4C3(C)C)CC2)C(C)(C)c2c1ccc1ccccc21.O=S(=O)([C-](S(=O)(=O)C(F)(F)F)S(=O)(=O)C(F)(F)F)C(F)(F)F. The molecule has 10 nitrogen and oxygen atoms in total. The Morgan fingerprint density at radius 3 is 1.62 bits per heavy atom. The van der Waals surface area contributed by atoms with Gasteiger partial charge in [0.25, 0.3) is 0 Å². The summed E-state index contributed by atoms with van der Waals surface area (Å²) in [5.74, 6) is 0. The summed E-state index contributed by atoms with van der Waals surface area (Å²) in [6, 6.07) is 34.9. The number of hydrogen-bond acceptors (Lipinski definition) is 9. The Morgan fingerprint density at radius 1 is 0.595 bits per heavy atom. The van der Waals surface area contributed by atoms with Gasteiger partial charge in [0.1, 0.15) is 6.54 Å². The minimum absolute atomic E-state index is 0.264. The smallest absolute Gasteiger partial charge is 0.358 e. The molecule has 1 aliphatic carbocycles. The third-order valence-electron chi connectivity index (χ3n) is 13.0. The van der Waals surface area contributed by atoms with Gasteiger partial charge in [0.15, 0.2) is 35.2 Å². The fraction of sp³-hybridized carbons (Fsp3) is 0.294. The van der Waals surface area contributed by atoms with Gasteiger partial charge >= 0.3 is 16.5 Å². The normalized spacial score (nSPS) is 18.4. The van der Waals surface area contributed by atoms with Crippen molar-refractivity contribution >= 4 is 78.0 Å². The standard InChI is InChI=1S/C47H46N2O2S.C4F9O6S3/c1-6-7-31-49-40-28-24-33-16-12-14-20-38(33)44(40)47(4,5)42(49)30-26-35-22-21-34(45(35)52(50,51)36-17-9-8-10-18-36)25-29-41-46(2,3)43-37-19-13-11-15-32(37)23-27-39(43)48-41;5-2(6,7)20(14,15)1(21(16,17)3(8,9)10)22(18,19)4(11,12)13/h8-20,23-30H,6-7,21-22,31H2,1-5H3;/q;-1/p+1. The van der Waals surface area contributed by atoms with Crippen molar-refractivity contribution in [3.8, 4) is 0 Å². The number of halogens is 9. The van der Waals surface area contributed by atoms with Crippen molar-refractivity contribution in [2.45, 2.75) is 92.6 Å². The van der Waals surface area contributed by atoms with Gasteiger partial charge in [-0.3, -0.25) is 25.3 Å². The largest absolute Gasteiger partial charge is 0.470 e. The molecule has 0 radical (unpaired) electrons. The molecule has 0 fully saturated rings. The first kappa shape index (κ1) is 56.0. The maximum atomic E-state index is 14.6. The minimum Gasteiger partial charge on any atom is -0.358 e. The molecule has 0 unspecified atom stereocenters. The van der Waals surface area contributed by atoms with E-state index in [0.717, 1.165) is 41.9 Å². The average Bonchev–Trinajstić information content (AvgIpc) is 3.91. The van der Waals surface area contributed by atoms with Crippen LogP contribution in [-0.4, -0.2) is 67.0 Å². The Labute approximate surface area is 422 Å². The molecule has 0 saturated carbocycles. The second-order valence-electron chi connectivity index (χ2n) is 18.5. The lowest BCUT2D eigenvalue weighted by atomic mass is 9.79. The predicted octanol–water partition coefficient (Wildman–Crippen LogP) is 12.7. The van der Waals surface area contributed by atoms with E-state index >= 15 is 0 Å². The molecule has 23 heteroatoms. The van der Waals surface area contributed by atoms with E-state index in [1.54, 1.807) is 24.3 Å². The number of fused-ring (bicyclic) bond motifs is 6. The quantitative estimate of drug-likeness (QED) is 0.0774. The van der Waals surface area contributed by atoms with Crippen LogP contribution in [0.25, 0.3) is 21.5 Å². The number of anilines is 1. The van der Waals surface area contributed by atoms with E-state index in [0.29, 0.717) is 22.6 Å². The van der Waals surface area contributed by atoms with Crippen molar-refractivity contribution in [3.63, 3.8) is 0 Å². The highest BCUT2D eigenvalue weighted by atomic mass is 32.3. The van der Waals surface area contributed by atoms with Crippen LogP contribution in [-0.2, 0) is 50.2 Å². The predicted molar refractivity (Wildman–Crippen MR) is 266 cm³/mol. The van der Waals surface area contributed by atoms with Crippen LogP contribution in [0.15, 0.2) is 154 Å². The summed E-state index contributed by atoms with van der Waals surface area (Å²) in [7, 11) is -27.8. The number of benzene rings is 5. The molecule has 0 amide bonds. The molecule has 8 rings (SSSR count). The fourth-order valence-electron chi connectivity index (χ4n) is 9.49. The summed E-state index contributed by atoms with van der Waals surface area (Å²) in [5.41, 5.74) is -12.8. The van der Waals surface area contributed by atoms with Gasteiger partial charge in [-0.1, -0.05) is 112 Å². The van der Waals surface area contributed by atoms with Crippen LogP contribution in [0, 0.1) is 3.91 Å². The monoisotopic (exact) mass is 1110 g/mol. The molecule has 5 aromatic carbocycles. The van der Waals surface area contributed by atoms with Crippen molar-refractivity contribution in [2.24, 2.45) is 0 Å². The molecule has 396 valence electrons. The van der Waals surface area contributed by atoms with Crippen molar-refractivity contribution < 1.29 is 77.8 Å². The third kappa shape index (κ3) is 9.72. The average molecular weight is 1120 g/mol. The maximum absolute atomic E-state index is 14.6. The van der Waals surface area contributed by atoms with Crippen LogP contribution in [0.1, 0.15) is 71.4 Å². The zero-order chi connectivity index (χ0) is 54.8. The molecule has 2 heterocycles. The summed E-state index contributed by atoms with van der Waals surface area (Å²) >= 11 is 0. The lowest BCUT2D eigenvalue weighted by Crippen LogP contribution is -2.47. The van der Waals surface area contributed by atoms with E-state index in [1.165, 1.54) is 44.1 Å². The second kappa shape index (κ2) is 19.4. The van der Waals surface area contributed by atoms with Crippen LogP contribution in [0.2, 0.25) is 0 Å². The second-order valence-corrected chi connectivity index (χ2v) is 26.8. The van der Waals surface area contributed by atoms with Gasteiger partial charge < -0.3 is 5.32 Å². The third-order valence-corrected chi connectivity index (χ3v) is 22.1. The van der Waals surface area contributed by atoms with E-state index in [2.05, 4.69) is 142 Å². The zero-order valence-electron chi connectivity index (χ0n) is 39.9. The van der Waals surface area contributed by atoms with Gasteiger partial charge in [-0.05, 0) is 95.3 Å². The molecule has 0 spiro atoms. The van der Waals surface area contributed by atoms with E-state index < -0.39 is 59.8 Å². The van der Waals surface area contributed by atoms with Crippen molar-refractivity contribution in [1.82, 2.24) is 0 Å². The molecule has 0 aromatic heterocycles. The molecule has 2 aliphatic heterocycles. The topological polar surface area (TPSA) is 152 Å². The summed E-state index contributed by atoms with van der Waals surface area (Å²) in [6.45, 7) is 12.3. The van der Waals surface area contributed by atoms with E-state index in [9.17, 15) is 73.2 Å². The molecule has 0 saturated heterocycles. The zero-order valence-corrected chi connectivity index (χ0v) is 43.2. The first-order valence-electron chi connectivity index (χ1n) is 22.6. The number of unbranched alkanes of at least 4 members (excludes halogenated alkanes) is 1. The number of nitrogens with zero attached hydrogens (tertiary/aromatic N) is 1.